The second kappa shape index (κ2) is 7.34. The van der Waals surface area contributed by atoms with Crippen molar-refractivity contribution in [3.05, 3.63) is 41.6 Å². The van der Waals surface area contributed by atoms with E-state index in [1.54, 1.807) is 12.1 Å². The molecular formula is C15H12ClF3N4O3. The van der Waals surface area contributed by atoms with Gasteiger partial charge in [0.1, 0.15) is 18.6 Å². The van der Waals surface area contributed by atoms with E-state index in [1.165, 1.54) is 24.5 Å². The Labute approximate surface area is 150 Å². The molecule has 1 N–H and O–H groups in total. The Bertz CT molecular complexity index is 811. The Morgan fingerprint density at radius 3 is 2.81 bits per heavy atom. The van der Waals surface area contributed by atoms with Gasteiger partial charge in [-0.25, -0.2) is 5.01 Å². The first kappa shape index (κ1) is 18.2. The van der Waals surface area contributed by atoms with Crippen molar-refractivity contribution in [1.29, 1.82) is 0 Å². The SMILES string of the molecule is O=C(COC1CC(C(F)(F)F)=NN1c1ccccc1Cl)Nc1ccon1. The van der Waals surface area contributed by atoms with Crippen molar-refractivity contribution in [2.24, 2.45) is 5.10 Å². The average molecular weight is 389 g/mol. The second-order valence-corrected chi connectivity index (χ2v) is 5.65. The number of alkyl halides is 3. The van der Waals surface area contributed by atoms with Crippen molar-refractivity contribution in [2.45, 2.75) is 18.8 Å². The maximum atomic E-state index is 13.0. The molecule has 1 aliphatic heterocycles. The summed E-state index contributed by atoms with van der Waals surface area (Å²) in [6, 6.07) is 7.69. The summed E-state index contributed by atoms with van der Waals surface area (Å²) in [4.78, 5) is 11.8. The van der Waals surface area contributed by atoms with Crippen LogP contribution in [0.5, 0.6) is 0 Å². The number of carbonyl (C=O) groups is 1. The summed E-state index contributed by atoms with van der Waals surface area (Å²) in [6.45, 7) is -0.501. The number of nitrogens with one attached hydrogen (secondary N) is 1. The molecule has 0 fully saturated rings. The summed E-state index contributed by atoms with van der Waals surface area (Å²) in [5.41, 5.74) is -0.769. The first-order chi connectivity index (χ1) is 12.3. The molecule has 2 aromatic rings. The lowest BCUT2D eigenvalue weighted by Crippen LogP contribution is -2.33. The topological polar surface area (TPSA) is 80.0 Å². The van der Waals surface area contributed by atoms with Gasteiger partial charge in [-0.2, -0.15) is 18.3 Å². The Kier molecular flexibility index (Phi) is 5.14. The molecule has 1 aromatic heterocycles. The first-order valence-electron chi connectivity index (χ1n) is 7.35. The standard InChI is InChI=1S/C15H12ClF3N4O3/c16-9-3-1-2-4-10(9)23-14(7-11(21-23)15(17,18)19)25-8-13(24)20-12-5-6-26-22-12/h1-6,14H,7-8H2,(H,20,22,24). The van der Waals surface area contributed by atoms with Gasteiger partial charge in [-0.05, 0) is 12.1 Å². The summed E-state index contributed by atoms with van der Waals surface area (Å²) in [5.74, 6) is -0.432. The van der Waals surface area contributed by atoms with E-state index in [-0.39, 0.29) is 16.5 Å². The average Bonchev–Trinajstić information content (AvgIpc) is 3.22. The molecule has 0 saturated heterocycles. The molecule has 0 saturated carbocycles. The summed E-state index contributed by atoms with van der Waals surface area (Å²) in [7, 11) is 0. The number of aromatic nitrogens is 1. The van der Waals surface area contributed by atoms with Gasteiger partial charge in [-0.1, -0.05) is 28.9 Å². The third-order valence-electron chi connectivity index (χ3n) is 3.41. The maximum absolute atomic E-state index is 13.0. The number of benzene rings is 1. The van der Waals surface area contributed by atoms with Gasteiger partial charge < -0.3 is 14.6 Å². The van der Waals surface area contributed by atoms with Crippen LogP contribution in [0.4, 0.5) is 24.7 Å². The van der Waals surface area contributed by atoms with Crippen LogP contribution in [0.2, 0.25) is 5.02 Å². The zero-order valence-electron chi connectivity index (χ0n) is 13.0. The van der Waals surface area contributed by atoms with E-state index in [9.17, 15) is 18.0 Å². The lowest BCUT2D eigenvalue weighted by atomic mass is 10.2. The number of rotatable bonds is 5. The number of ether oxygens (including phenoxy) is 1. The van der Waals surface area contributed by atoms with E-state index in [0.717, 1.165) is 5.01 Å². The normalized spacial score (nSPS) is 17.3. The molecule has 11 heteroatoms. The van der Waals surface area contributed by atoms with Gasteiger partial charge in [-0.15, -0.1) is 0 Å². The molecule has 1 unspecified atom stereocenters. The summed E-state index contributed by atoms with van der Waals surface area (Å²) in [5, 5.41) is 10.7. The molecule has 0 aliphatic carbocycles. The number of nitrogens with zero attached hydrogens (tertiary/aromatic N) is 3. The monoisotopic (exact) mass is 388 g/mol. The van der Waals surface area contributed by atoms with Crippen molar-refractivity contribution >= 4 is 34.7 Å². The maximum Gasteiger partial charge on any atom is 0.431 e. The van der Waals surface area contributed by atoms with E-state index >= 15 is 0 Å². The smallest absolute Gasteiger partial charge is 0.363 e. The van der Waals surface area contributed by atoms with Gasteiger partial charge in [-0.3, -0.25) is 4.79 Å². The Morgan fingerprint density at radius 1 is 1.38 bits per heavy atom. The molecule has 1 aromatic carbocycles. The first-order valence-corrected chi connectivity index (χ1v) is 7.72. The number of amides is 1. The van der Waals surface area contributed by atoms with Gasteiger partial charge in [0.2, 0.25) is 0 Å². The second-order valence-electron chi connectivity index (χ2n) is 5.24. The van der Waals surface area contributed by atoms with Crippen molar-refractivity contribution in [1.82, 2.24) is 5.16 Å². The predicted molar refractivity (Wildman–Crippen MR) is 86.9 cm³/mol. The summed E-state index contributed by atoms with van der Waals surface area (Å²) >= 11 is 6.04. The molecule has 0 spiro atoms. The molecule has 1 aliphatic rings. The fourth-order valence-electron chi connectivity index (χ4n) is 2.26. The van der Waals surface area contributed by atoms with E-state index in [4.69, 9.17) is 16.3 Å². The minimum absolute atomic E-state index is 0.167. The largest absolute Gasteiger partial charge is 0.431 e. The van der Waals surface area contributed by atoms with Crippen molar-refractivity contribution < 1.29 is 27.2 Å². The minimum Gasteiger partial charge on any atom is -0.363 e. The Balaban J connectivity index is 1.72. The Morgan fingerprint density at radius 2 is 2.15 bits per heavy atom. The number of hydrogen-bond acceptors (Lipinski definition) is 6. The molecular weight excluding hydrogens is 377 g/mol. The van der Waals surface area contributed by atoms with Gasteiger partial charge in [0.05, 0.1) is 10.7 Å². The van der Waals surface area contributed by atoms with Gasteiger partial charge in [0.25, 0.3) is 5.91 Å². The van der Waals surface area contributed by atoms with Crippen LogP contribution < -0.4 is 10.3 Å². The van der Waals surface area contributed by atoms with Crippen LogP contribution in [-0.4, -0.2) is 35.8 Å². The van der Waals surface area contributed by atoms with Gasteiger partial charge >= 0.3 is 6.18 Å². The predicted octanol–water partition coefficient (Wildman–Crippen LogP) is 3.44. The summed E-state index contributed by atoms with van der Waals surface area (Å²) < 4.78 is 49.0. The highest BCUT2D eigenvalue weighted by Gasteiger charge is 2.44. The third kappa shape index (κ3) is 4.14. The van der Waals surface area contributed by atoms with Crippen LogP contribution in [0.1, 0.15) is 6.42 Å². The van der Waals surface area contributed by atoms with Crippen molar-refractivity contribution in [2.75, 3.05) is 16.9 Å². The number of hydrogen-bond donors (Lipinski definition) is 1. The molecule has 0 radical (unpaired) electrons. The Hall–Kier alpha value is -2.59. The highest BCUT2D eigenvalue weighted by Crippen LogP contribution is 2.35. The van der Waals surface area contributed by atoms with Crippen molar-refractivity contribution in [3.8, 4) is 0 Å². The molecule has 2 heterocycles. The number of halogens is 4. The molecule has 1 amide bonds. The number of para-hydroxylation sites is 1. The zero-order chi connectivity index (χ0) is 18.7. The van der Waals surface area contributed by atoms with Crippen LogP contribution in [0.25, 0.3) is 0 Å². The van der Waals surface area contributed by atoms with Gasteiger partial charge in [0, 0.05) is 12.5 Å². The molecule has 3 rings (SSSR count). The lowest BCUT2D eigenvalue weighted by Gasteiger charge is -2.24. The fraction of sp³-hybridized carbons (Fsp3) is 0.267. The van der Waals surface area contributed by atoms with E-state index in [0.29, 0.717) is 0 Å². The quantitative estimate of drug-likeness (QED) is 0.848. The van der Waals surface area contributed by atoms with Crippen LogP contribution in [0.3, 0.4) is 0 Å². The molecule has 138 valence electrons. The molecule has 0 bridgehead atoms. The zero-order valence-corrected chi connectivity index (χ0v) is 13.8. The van der Waals surface area contributed by atoms with Crippen molar-refractivity contribution in [3.63, 3.8) is 0 Å². The lowest BCUT2D eigenvalue weighted by molar-refractivity contribution is -0.122. The number of hydrazone groups is 1. The number of anilines is 2. The molecule has 26 heavy (non-hydrogen) atoms. The van der Waals surface area contributed by atoms with Crippen LogP contribution in [0, 0.1) is 0 Å². The van der Waals surface area contributed by atoms with Crippen LogP contribution in [0.15, 0.2) is 46.2 Å². The number of carbonyl (C=O) groups excluding carboxylic acids is 1. The summed E-state index contributed by atoms with van der Waals surface area (Å²) in [6.07, 6.45) is -5.02. The fourth-order valence-corrected chi connectivity index (χ4v) is 2.49. The third-order valence-corrected chi connectivity index (χ3v) is 3.73. The van der Waals surface area contributed by atoms with E-state index in [1.807, 2.05) is 0 Å². The van der Waals surface area contributed by atoms with E-state index in [2.05, 4.69) is 20.1 Å². The van der Waals surface area contributed by atoms with E-state index < -0.39 is 37.1 Å². The minimum atomic E-state index is -4.61. The highest BCUT2D eigenvalue weighted by molar-refractivity contribution is 6.33. The van der Waals surface area contributed by atoms with Crippen LogP contribution >= 0.6 is 11.6 Å². The van der Waals surface area contributed by atoms with Gasteiger partial charge in [0.15, 0.2) is 12.0 Å². The molecule has 7 nitrogen and oxygen atoms in total. The van der Waals surface area contributed by atoms with Crippen LogP contribution in [-0.2, 0) is 9.53 Å². The molecule has 1 atom stereocenters. The highest BCUT2D eigenvalue weighted by atomic mass is 35.5.